The number of hydrogen-bond donors (Lipinski definition) is 0. The van der Waals surface area contributed by atoms with Crippen molar-refractivity contribution in [1.82, 2.24) is 0 Å². The normalized spacial score (nSPS) is 28.3. The predicted molar refractivity (Wildman–Crippen MR) is 143 cm³/mol. The van der Waals surface area contributed by atoms with Crippen molar-refractivity contribution < 1.29 is 19.1 Å². The third-order valence-electron chi connectivity index (χ3n) is 8.65. The lowest BCUT2D eigenvalue weighted by atomic mass is 9.61. The highest BCUT2D eigenvalue weighted by Crippen LogP contribution is 2.75. The number of ketones is 1. The van der Waals surface area contributed by atoms with Gasteiger partial charge >= 0.3 is 0 Å². The van der Waals surface area contributed by atoms with Gasteiger partial charge in [-0.1, -0.05) is 86.1 Å². The molecule has 37 heavy (non-hydrogen) atoms. The van der Waals surface area contributed by atoms with Gasteiger partial charge in [-0.05, 0) is 47.8 Å². The van der Waals surface area contributed by atoms with Crippen LogP contribution in [0.3, 0.4) is 0 Å². The van der Waals surface area contributed by atoms with Crippen LogP contribution in [0, 0.1) is 22.7 Å². The number of rotatable bonds is 6. The molecule has 3 aliphatic rings. The van der Waals surface area contributed by atoms with Crippen molar-refractivity contribution in [1.29, 1.82) is 0 Å². The first-order chi connectivity index (χ1) is 17.9. The van der Waals surface area contributed by atoms with Gasteiger partial charge in [-0.2, -0.15) is 0 Å². The largest absolute Gasteiger partial charge is 0.495 e. The standard InChI is InChI=1S/C32H29NO4/c1-4-19-32-25(21-15-9-6-10-16-21)24(20-13-7-5-8-14-20)31(2,30(32)36)26-27(32)29(35)33(28(26)34)22-17-11-12-18-23(22)37-3/h5-18,26-27H,4,19H2,1-3H3. The number of methoxy groups -OCH3 is 1. The van der Waals surface area contributed by atoms with E-state index in [1.807, 2.05) is 80.6 Å². The minimum Gasteiger partial charge on any atom is -0.495 e. The van der Waals surface area contributed by atoms with Gasteiger partial charge < -0.3 is 4.74 Å². The summed E-state index contributed by atoms with van der Waals surface area (Å²) in [5.74, 6) is -1.72. The van der Waals surface area contributed by atoms with Crippen molar-refractivity contribution >= 4 is 34.4 Å². The van der Waals surface area contributed by atoms with E-state index in [0.29, 0.717) is 24.3 Å². The molecule has 2 fully saturated rings. The molecule has 1 aliphatic heterocycles. The van der Waals surface area contributed by atoms with Crippen molar-refractivity contribution in [3.63, 3.8) is 0 Å². The van der Waals surface area contributed by atoms with Gasteiger partial charge in [-0.15, -0.1) is 0 Å². The molecule has 0 N–H and O–H groups in total. The molecule has 2 bridgehead atoms. The third kappa shape index (κ3) is 2.83. The topological polar surface area (TPSA) is 63.7 Å². The highest BCUT2D eigenvalue weighted by atomic mass is 16.5. The maximum atomic E-state index is 14.7. The lowest BCUT2D eigenvalue weighted by Gasteiger charge is -2.37. The third-order valence-corrected chi connectivity index (χ3v) is 8.65. The number of carbonyl (C=O) groups is 3. The summed E-state index contributed by atoms with van der Waals surface area (Å²) in [6.07, 6.45) is 1.21. The Morgan fingerprint density at radius 2 is 1.30 bits per heavy atom. The first-order valence-corrected chi connectivity index (χ1v) is 12.8. The van der Waals surface area contributed by atoms with Crippen LogP contribution in [0.2, 0.25) is 0 Å². The zero-order valence-electron chi connectivity index (χ0n) is 21.2. The Bertz CT molecular complexity index is 1460. The second kappa shape index (κ2) is 8.27. The Balaban J connectivity index is 1.66. The highest BCUT2D eigenvalue weighted by molar-refractivity contribution is 6.34. The van der Waals surface area contributed by atoms with Gasteiger partial charge in [-0.3, -0.25) is 14.4 Å². The highest BCUT2D eigenvalue weighted by Gasteiger charge is 2.80. The molecule has 4 atom stereocenters. The number of nitrogens with zero attached hydrogens (tertiary/aromatic N) is 1. The smallest absolute Gasteiger partial charge is 0.239 e. The van der Waals surface area contributed by atoms with E-state index in [1.54, 1.807) is 18.2 Å². The minimum absolute atomic E-state index is 0.00377. The van der Waals surface area contributed by atoms with Crippen LogP contribution in [0.5, 0.6) is 5.75 Å². The Kier molecular flexibility index (Phi) is 5.23. The predicted octanol–water partition coefficient (Wildman–Crippen LogP) is 5.80. The quantitative estimate of drug-likeness (QED) is 0.409. The van der Waals surface area contributed by atoms with Gasteiger partial charge in [0.25, 0.3) is 0 Å². The van der Waals surface area contributed by atoms with Crippen LogP contribution in [-0.4, -0.2) is 24.7 Å². The van der Waals surface area contributed by atoms with Crippen molar-refractivity contribution in [3.05, 3.63) is 96.1 Å². The number of anilines is 1. The molecule has 0 aromatic heterocycles. The van der Waals surface area contributed by atoms with Gasteiger partial charge in [0.1, 0.15) is 5.75 Å². The van der Waals surface area contributed by atoms with E-state index in [1.165, 1.54) is 12.0 Å². The summed E-state index contributed by atoms with van der Waals surface area (Å²) in [7, 11) is 1.53. The molecular weight excluding hydrogens is 462 g/mol. The number of carbonyl (C=O) groups excluding carboxylic acids is 3. The van der Waals surface area contributed by atoms with E-state index in [4.69, 9.17) is 4.74 Å². The maximum absolute atomic E-state index is 14.7. The summed E-state index contributed by atoms with van der Waals surface area (Å²) in [5.41, 5.74) is 1.85. The van der Waals surface area contributed by atoms with Crippen LogP contribution >= 0.6 is 0 Å². The van der Waals surface area contributed by atoms with E-state index < -0.39 is 22.7 Å². The Labute approximate surface area is 216 Å². The SMILES string of the molecule is CCCC12C(=O)C(C)(C(c3ccccc3)=C1c1ccccc1)C1C(=O)N(c3ccccc3OC)C(=O)C12. The lowest BCUT2D eigenvalue weighted by molar-refractivity contribution is -0.134. The monoisotopic (exact) mass is 491 g/mol. The minimum atomic E-state index is -1.13. The lowest BCUT2D eigenvalue weighted by Crippen LogP contribution is -2.41. The number of benzene rings is 3. The fourth-order valence-electron chi connectivity index (χ4n) is 7.41. The molecule has 4 unspecified atom stereocenters. The second-order valence-corrected chi connectivity index (χ2v) is 10.4. The van der Waals surface area contributed by atoms with Crippen molar-refractivity contribution in [3.8, 4) is 5.75 Å². The summed E-state index contributed by atoms with van der Waals surface area (Å²) < 4.78 is 5.52. The zero-order chi connectivity index (χ0) is 25.9. The summed E-state index contributed by atoms with van der Waals surface area (Å²) in [4.78, 5) is 44.5. The first-order valence-electron chi connectivity index (χ1n) is 12.8. The summed E-state index contributed by atoms with van der Waals surface area (Å²) in [5, 5.41) is 0. The first kappa shape index (κ1) is 23.4. The van der Waals surface area contributed by atoms with Crippen LogP contribution in [0.25, 0.3) is 11.1 Å². The Morgan fingerprint density at radius 3 is 1.89 bits per heavy atom. The van der Waals surface area contributed by atoms with E-state index in [0.717, 1.165) is 22.3 Å². The molecule has 186 valence electrons. The van der Waals surface area contributed by atoms with Gasteiger partial charge in [-0.25, -0.2) is 4.90 Å². The summed E-state index contributed by atoms with van der Waals surface area (Å²) >= 11 is 0. The van der Waals surface area contributed by atoms with Crippen molar-refractivity contribution in [2.75, 3.05) is 12.0 Å². The van der Waals surface area contributed by atoms with Crippen LogP contribution in [-0.2, 0) is 14.4 Å². The molecule has 0 radical (unpaired) electrons. The number of ether oxygens (including phenoxy) is 1. The maximum Gasteiger partial charge on any atom is 0.239 e. The Hall–Kier alpha value is -3.99. The van der Waals surface area contributed by atoms with E-state index in [9.17, 15) is 14.4 Å². The van der Waals surface area contributed by atoms with Gasteiger partial charge in [0.2, 0.25) is 11.8 Å². The number of Topliss-reactive ketones (excluding diaryl/α,β-unsaturated/α-hetero) is 1. The van der Waals surface area contributed by atoms with Gasteiger partial charge in [0.05, 0.1) is 35.5 Å². The molecule has 3 aromatic rings. The van der Waals surface area contributed by atoms with E-state index in [2.05, 4.69) is 0 Å². The fourth-order valence-corrected chi connectivity index (χ4v) is 7.41. The molecular formula is C32H29NO4. The Morgan fingerprint density at radius 1 is 0.757 bits per heavy atom. The number of amides is 2. The zero-order valence-corrected chi connectivity index (χ0v) is 21.2. The van der Waals surface area contributed by atoms with Crippen LogP contribution in [0.15, 0.2) is 84.9 Å². The molecule has 1 heterocycles. The summed E-state index contributed by atoms with van der Waals surface area (Å²) in [6, 6.07) is 26.9. The van der Waals surface area contributed by atoms with Crippen LogP contribution in [0.4, 0.5) is 5.69 Å². The van der Waals surface area contributed by atoms with E-state index >= 15 is 0 Å². The number of imide groups is 1. The molecule has 3 aromatic carbocycles. The summed E-state index contributed by atoms with van der Waals surface area (Å²) in [6.45, 7) is 3.93. The average Bonchev–Trinajstić information content (AvgIpc) is 3.39. The second-order valence-electron chi connectivity index (χ2n) is 10.4. The molecule has 2 aliphatic carbocycles. The molecule has 6 rings (SSSR count). The number of fused-ring (bicyclic) bond motifs is 5. The average molecular weight is 492 g/mol. The molecule has 2 amide bonds. The number of allylic oxidation sites excluding steroid dienone is 2. The van der Waals surface area contributed by atoms with Gasteiger partial charge in [0.15, 0.2) is 5.78 Å². The van der Waals surface area contributed by atoms with Crippen LogP contribution in [0.1, 0.15) is 37.8 Å². The molecule has 1 saturated carbocycles. The van der Waals surface area contributed by atoms with Crippen molar-refractivity contribution in [2.24, 2.45) is 22.7 Å². The number of hydrogen-bond acceptors (Lipinski definition) is 4. The van der Waals surface area contributed by atoms with E-state index in [-0.39, 0.29) is 17.6 Å². The molecule has 0 spiro atoms. The van der Waals surface area contributed by atoms with Crippen LogP contribution < -0.4 is 9.64 Å². The molecule has 5 nitrogen and oxygen atoms in total. The number of para-hydroxylation sites is 2. The van der Waals surface area contributed by atoms with Gasteiger partial charge in [0, 0.05) is 0 Å². The fraction of sp³-hybridized carbons (Fsp3) is 0.281. The molecule has 1 saturated heterocycles. The van der Waals surface area contributed by atoms with Crippen molar-refractivity contribution in [2.45, 2.75) is 26.7 Å². The molecule has 5 heteroatoms.